The van der Waals surface area contributed by atoms with Gasteiger partial charge in [-0.2, -0.15) is 0 Å². The molecule has 0 N–H and O–H groups in total. The summed E-state index contributed by atoms with van der Waals surface area (Å²) in [7, 11) is 0. The highest BCUT2D eigenvalue weighted by atomic mass is 16.7. The van der Waals surface area contributed by atoms with Crippen LogP contribution >= 0.6 is 0 Å². The summed E-state index contributed by atoms with van der Waals surface area (Å²) in [5.74, 6) is 0.872. The largest absolute Gasteiger partial charge is 0.467 e. The second-order valence-electron chi connectivity index (χ2n) is 4.43. The van der Waals surface area contributed by atoms with E-state index in [1.807, 2.05) is 19.1 Å². The third-order valence-corrected chi connectivity index (χ3v) is 3.21. The van der Waals surface area contributed by atoms with Gasteiger partial charge in [0, 0.05) is 12.0 Å². The zero-order valence-electron chi connectivity index (χ0n) is 10.9. The minimum atomic E-state index is 0.294. The summed E-state index contributed by atoms with van der Waals surface area (Å²) in [5.41, 5.74) is 0. The summed E-state index contributed by atoms with van der Waals surface area (Å²) in [6.07, 6.45) is 0. The number of fused-ring (bicyclic) bond motifs is 2. The zero-order chi connectivity index (χ0) is 13.1. The van der Waals surface area contributed by atoms with Crippen molar-refractivity contribution in [2.75, 3.05) is 13.4 Å². The Morgan fingerprint density at radius 3 is 2.37 bits per heavy atom. The lowest BCUT2D eigenvalue weighted by Gasteiger charge is -2.10. The molecule has 2 heteroatoms. The number of benzene rings is 3. The first-order valence-corrected chi connectivity index (χ1v) is 6.50. The van der Waals surface area contributed by atoms with Crippen LogP contribution in [0.4, 0.5) is 0 Å². The summed E-state index contributed by atoms with van der Waals surface area (Å²) in [6.45, 7) is 2.91. The molecule has 0 aromatic heterocycles. The van der Waals surface area contributed by atoms with Gasteiger partial charge in [-0.25, -0.2) is 0 Å². The minimum absolute atomic E-state index is 0.294. The first-order valence-electron chi connectivity index (χ1n) is 6.50. The first-order chi connectivity index (χ1) is 9.38. The molecular weight excluding hydrogens is 236 g/mol. The van der Waals surface area contributed by atoms with Crippen LogP contribution in [-0.2, 0) is 4.74 Å². The van der Waals surface area contributed by atoms with E-state index >= 15 is 0 Å². The predicted octanol–water partition coefficient (Wildman–Crippen LogP) is 4.37. The van der Waals surface area contributed by atoms with Crippen LogP contribution < -0.4 is 4.74 Å². The van der Waals surface area contributed by atoms with Crippen LogP contribution in [0.25, 0.3) is 21.5 Å². The molecule has 3 aromatic rings. The van der Waals surface area contributed by atoms with Crippen molar-refractivity contribution in [1.82, 2.24) is 0 Å². The average Bonchev–Trinajstić information content (AvgIpc) is 2.46. The van der Waals surface area contributed by atoms with Gasteiger partial charge in [0.1, 0.15) is 5.75 Å². The molecule has 0 radical (unpaired) electrons. The maximum absolute atomic E-state index is 5.69. The van der Waals surface area contributed by atoms with Crippen molar-refractivity contribution < 1.29 is 9.47 Å². The summed E-state index contributed by atoms with van der Waals surface area (Å²) in [4.78, 5) is 0. The van der Waals surface area contributed by atoms with Gasteiger partial charge in [0.25, 0.3) is 0 Å². The standard InChI is InChI=1S/C17H16O2/c1-2-18-12-19-17-9-5-8-15-10-13-6-3-4-7-14(13)11-16(15)17/h3-11H,2,12H2,1H3. The summed E-state index contributed by atoms with van der Waals surface area (Å²) < 4.78 is 10.9. The molecule has 0 fully saturated rings. The van der Waals surface area contributed by atoms with Crippen LogP contribution in [-0.4, -0.2) is 13.4 Å². The van der Waals surface area contributed by atoms with E-state index < -0.39 is 0 Å². The van der Waals surface area contributed by atoms with E-state index in [2.05, 4.69) is 42.5 Å². The van der Waals surface area contributed by atoms with Gasteiger partial charge < -0.3 is 9.47 Å². The number of hydrogen-bond acceptors (Lipinski definition) is 2. The van der Waals surface area contributed by atoms with Crippen molar-refractivity contribution in [2.24, 2.45) is 0 Å². The van der Waals surface area contributed by atoms with Crippen LogP contribution in [0.2, 0.25) is 0 Å². The van der Waals surface area contributed by atoms with Crippen molar-refractivity contribution in [3.63, 3.8) is 0 Å². The fourth-order valence-corrected chi connectivity index (χ4v) is 2.25. The van der Waals surface area contributed by atoms with Gasteiger partial charge in [0.2, 0.25) is 0 Å². The van der Waals surface area contributed by atoms with Gasteiger partial charge in [0.15, 0.2) is 6.79 Å². The van der Waals surface area contributed by atoms with E-state index in [0.29, 0.717) is 13.4 Å². The van der Waals surface area contributed by atoms with Gasteiger partial charge in [0.05, 0.1) is 0 Å². The van der Waals surface area contributed by atoms with E-state index in [1.165, 1.54) is 16.2 Å². The Kier molecular flexibility index (Phi) is 3.34. The Balaban J connectivity index is 2.09. The molecule has 0 saturated heterocycles. The molecule has 3 rings (SSSR count). The van der Waals surface area contributed by atoms with Crippen LogP contribution in [0, 0.1) is 0 Å². The maximum Gasteiger partial charge on any atom is 0.189 e. The Morgan fingerprint density at radius 1 is 0.842 bits per heavy atom. The zero-order valence-corrected chi connectivity index (χ0v) is 10.9. The quantitative estimate of drug-likeness (QED) is 0.390. The number of hydrogen-bond donors (Lipinski definition) is 0. The fraction of sp³-hybridized carbons (Fsp3) is 0.176. The van der Waals surface area contributed by atoms with Crippen molar-refractivity contribution in [2.45, 2.75) is 6.92 Å². The molecule has 0 spiro atoms. The number of ether oxygens (including phenoxy) is 2. The van der Waals surface area contributed by atoms with Gasteiger partial charge in [-0.1, -0.05) is 36.4 Å². The Labute approximate surface area is 112 Å². The van der Waals surface area contributed by atoms with Crippen LogP contribution in [0.1, 0.15) is 6.92 Å². The van der Waals surface area contributed by atoms with E-state index in [0.717, 1.165) is 11.1 Å². The Bertz CT molecular complexity index is 704. The van der Waals surface area contributed by atoms with Gasteiger partial charge >= 0.3 is 0 Å². The SMILES string of the molecule is CCOCOc1cccc2cc3ccccc3cc12. The molecule has 0 heterocycles. The average molecular weight is 252 g/mol. The molecule has 3 aromatic carbocycles. The lowest BCUT2D eigenvalue weighted by atomic mass is 10.0. The lowest BCUT2D eigenvalue weighted by molar-refractivity contribution is 0.0233. The molecule has 96 valence electrons. The summed E-state index contributed by atoms with van der Waals surface area (Å²) >= 11 is 0. The van der Waals surface area contributed by atoms with E-state index in [4.69, 9.17) is 9.47 Å². The van der Waals surface area contributed by atoms with Crippen molar-refractivity contribution >= 4 is 21.5 Å². The highest BCUT2D eigenvalue weighted by molar-refractivity contribution is 6.00. The summed E-state index contributed by atoms with van der Waals surface area (Å²) in [6, 6.07) is 18.8. The van der Waals surface area contributed by atoms with Crippen molar-refractivity contribution in [1.29, 1.82) is 0 Å². The molecule has 0 atom stereocenters. The molecule has 0 amide bonds. The molecule has 0 bridgehead atoms. The third-order valence-electron chi connectivity index (χ3n) is 3.21. The Morgan fingerprint density at radius 2 is 1.58 bits per heavy atom. The minimum Gasteiger partial charge on any atom is -0.467 e. The second-order valence-corrected chi connectivity index (χ2v) is 4.43. The highest BCUT2D eigenvalue weighted by Gasteiger charge is 2.03. The predicted molar refractivity (Wildman–Crippen MR) is 78.6 cm³/mol. The van der Waals surface area contributed by atoms with Gasteiger partial charge in [-0.05, 0) is 41.3 Å². The molecule has 0 unspecified atom stereocenters. The third kappa shape index (κ3) is 2.40. The monoisotopic (exact) mass is 252 g/mol. The molecule has 0 aliphatic carbocycles. The molecule has 0 aliphatic rings. The first kappa shape index (κ1) is 12.0. The van der Waals surface area contributed by atoms with Crippen LogP contribution in [0.3, 0.4) is 0 Å². The lowest BCUT2D eigenvalue weighted by Crippen LogP contribution is -2.02. The Hall–Kier alpha value is -2.06. The van der Waals surface area contributed by atoms with Crippen LogP contribution in [0.5, 0.6) is 5.75 Å². The molecule has 0 saturated carbocycles. The highest BCUT2D eigenvalue weighted by Crippen LogP contribution is 2.29. The van der Waals surface area contributed by atoms with Crippen molar-refractivity contribution in [3.05, 3.63) is 54.6 Å². The molecule has 0 aliphatic heterocycles. The van der Waals surface area contributed by atoms with E-state index in [1.54, 1.807) is 0 Å². The fourth-order valence-electron chi connectivity index (χ4n) is 2.25. The maximum atomic E-state index is 5.69. The van der Waals surface area contributed by atoms with E-state index in [9.17, 15) is 0 Å². The topological polar surface area (TPSA) is 18.5 Å². The van der Waals surface area contributed by atoms with Crippen molar-refractivity contribution in [3.8, 4) is 5.75 Å². The molecule has 2 nitrogen and oxygen atoms in total. The van der Waals surface area contributed by atoms with Gasteiger partial charge in [-0.3, -0.25) is 0 Å². The summed E-state index contributed by atoms with van der Waals surface area (Å²) in [5, 5.41) is 4.79. The number of rotatable bonds is 4. The van der Waals surface area contributed by atoms with E-state index in [-0.39, 0.29) is 0 Å². The normalized spacial score (nSPS) is 11.0. The van der Waals surface area contributed by atoms with Gasteiger partial charge in [-0.15, -0.1) is 0 Å². The molecular formula is C17H16O2. The van der Waals surface area contributed by atoms with Crippen LogP contribution in [0.15, 0.2) is 54.6 Å². The smallest absolute Gasteiger partial charge is 0.189 e. The molecule has 19 heavy (non-hydrogen) atoms. The second kappa shape index (κ2) is 5.29.